The number of benzene rings is 1. The Bertz CT molecular complexity index is 836. The van der Waals surface area contributed by atoms with Crippen LogP contribution in [0.1, 0.15) is 53.1 Å². The van der Waals surface area contributed by atoms with Crippen LogP contribution in [-0.4, -0.2) is 23.7 Å². The van der Waals surface area contributed by atoms with Gasteiger partial charge in [0.2, 0.25) is 0 Å². The fraction of sp³-hybridized carbons (Fsp3) is 0.476. The summed E-state index contributed by atoms with van der Waals surface area (Å²) in [6.45, 7) is 8.19. The molecule has 1 N–H and O–H groups in total. The van der Waals surface area contributed by atoms with Crippen molar-refractivity contribution in [2.24, 2.45) is 5.92 Å². The van der Waals surface area contributed by atoms with Gasteiger partial charge >= 0.3 is 0 Å². The summed E-state index contributed by atoms with van der Waals surface area (Å²) in [6, 6.07) is 8.03. The zero-order valence-electron chi connectivity index (χ0n) is 15.7. The molecule has 0 radical (unpaired) electrons. The van der Waals surface area contributed by atoms with Gasteiger partial charge in [-0.05, 0) is 63.3 Å². The molecule has 1 aromatic carbocycles. The first-order chi connectivity index (χ1) is 12.6. The summed E-state index contributed by atoms with van der Waals surface area (Å²) < 4.78 is 13.5. The molecule has 0 unspecified atom stereocenters. The SMILES string of the molecule is CCn1c(C)cc(C(=O)N[C@@H](c2ccc3c(c2)OCCO3)C2CC2)c1C. The van der Waals surface area contributed by atoms with Crippen molar-refractivity contribution in [1.82, 2.24) is 9.88 Å². The minimum Gasteiger partial charge on any atom is -0.486 e. The molecular weight excluding hydrogens is 328 g/mol. The fourth-order valence-corrected chi connectivity index (χ4v) is 3.89. The molecule has 26 heavy (non-hydrogen) atoms. The molecule has 4 rings (SSSR count). The van der Waals surface area contributed by atoms with Crippen LogP contribution in [0.2, 0.25) is 0 Å². The van der Waals surface area contributed by atoms with Gasteiger partial charge in [0.05, 0.1) is 11.6 Å². The average Bonchev–Trinajstić information content (AvgIpc) is 3.44. The molecule has 1 atom stereocenters. The summed E-state index contributed by atoms with van der Waals surface area (Å²) in [7, 11) is 0. The van der Waals surface area contributed by atoms with E-state index in [2.05, 4.69) is 16.8 Å². The van der Waals surface area contributed by atoms with Gasteiger partial charge in [0.25, 0.3) is 5.91 Å². The summed E-state index contributed by atoms with van der Waals surface area (Å²) >= 11 is 0. The van der Waals surface area contributed by atoms with Crippen molar-refractivity contribution in [1.29, 1.82) is 0 Å². The highest BCUT2D eigenvalue weighted by Crippen LogP contribution is 2.43. The molecule has 2 aliphatic rings. The highest BCUT2D eigenvalue weighted by molar-refractivity contribution is 5.96. The number of nitrogens with one attached hydrogen (secondary N) is 1. The molecule has 2 aromatic rings. The second-order valence-electron chi connectivity index (χ2n) is 7.22. The first-order valence-corrected chi connectivity index (χ1v) is 9.45. The number of carbonyl (C=O) groups excluding carboxylic acids is 1. The quantitative estimate of drug-likeness (QED) is 0.889. The first-order valence-electron chi connectivity index (χ1n) is 9.45. The van der Waals surface area contributed by atoms with Crippen LogP contribution >= 0.6 is 0 Å². The average molecular weight is 354 g/mol. The molecule has 5 nitrogen and oxygen atoms in total. The number of hydrogen-bond acceptors (Lipinski definition) is 3. The summed E-state index contributed by atoms with van der Waals surface area (Å²) in [5.74, 6) is 2.06. The van der Waals surface area contributed by atoms with Crippen molar-refractivity contribution in [3.8, 4) is 11.5 Å². The lowest BCUT2D eigenvalue weighted by Gasteiger charge is -2.23. The van der Waals surface area contributed by atoms with Gasteiger partial charge in [-0.2, -0.15) is 0 Å². The van der Waals surface area contributed by atoms with Gasteiger partial charge in [0.15, 0.2) is 11.5 Å². The van der Waals surface area contributed by atoms with E-state index < -0.39 is 0 Å². The molecule has 1 saturated carbocycles. The van der Waals surface area contributed by atoms with Crippen molar-refractivity contribution >= 4 is 5.91 Å². The second kappa shape index (κ2) is 6.71. The van der Waals surface area contributed by atoms with Crippen molar-refractivity contribution in [3.05, 3.63) is 46.8 Å². The van der Waals surface area contributed by atoms with Crippen molar-refractivity contribution < 1.29 is 14.3 Å². The molecule has 1 aromatic heterocycles. The molecule has 1 amide bonds. The van der Waals surface area contributed by atoms with E-state index in [4.69, 9.17) is 9.47 Å². The standard InChI is InChI=1S/C21H26N2O3/c1-4-23-13(2)11-17(14(23)3)21(24)22-20(15-5-6-15)16-7-8-18-19(12-16)26-10-9-25-18/h7-8,11-12,15,20H,4-6,9-10H2,1-3H3,(H,22,24)/t20-/m1/s1. The largest absolute Gasteiger partial charge is 0.486 e. The highest BCUT2D eigenvalue weighted by Gasteiger charge is 2.34. The Morgan fingerprint density at radius 1 is 1.19 bits per heavy atom. The minimum atomic E-state index is 0.00425. The highest BCUT2D eigenvalue weighted by atomic mass is 16.6. The normalized spacial score (nSPS) is 17.0. The van der Waals surface area contributed by atoms with Crippen LogP contribution in [0.4, 0.5) is 0 Å². The van der Waals surface area contributed by atoms with E-state index in [1.807, 2.05) is 38.1 Å². The number of hydrogen-bond donors (Lipinski definition) is 1. The van der Waals surface area contributed by atoms with Crippen LogP contribution in [0.15, 0.2) is 24.3 Å². The Morgan fingerprint density at radius 3 is 2.58 bits per heavy atom. The maximum absolute atomic E-state index is 13.0. The number of ether oxygens (including phenoxy) is 2. The topological polar surface area (TPSA) is 52.5 Å². The molecule has 5 heteroatoms. The predicted octanol–water partition coefficient (Wildman–Crippen LogP) is 3.78. The lowest BCUT2D eigenvalue weighted by Crippen LogP contribution is -2.30. The van der Waals surface area contributed by atoms with Crippen LogP contribution in [0.5, 0.6) is 11.5 Å². The first kappa shape index (κ1) is 17.0. The molecule has 0 saturated heterocycles. The van der Waals surface area contributed by atoms with Crippen LogP contribution in [0.25, 0.3) is 0 Å². The molecule has 2 heterocycles. The van der Waals surface area contributed by atoms with Gasteiger partial charge in [-0.1, -0.05) is 6.07 Å². The lowest BCUT2D eigenvalue weighted by molar-refractivity contribution is 0.0930. The summed E-state index contributed by atoms with van der Waals surface area (Å²) in [5, 5.41) is 3.28. The molecule has 1 aliphatic carbocycles. The minimum absolute atomic E-state index is 0.00425. The molecule has 1 fully saturated rings. The number of rotatable bonds is 5. The van der Waals surface area contributed by atoms with Gasteiger partial charge < -0.3 is 19.4 Å². The fourth-order valence-electron chi connectivity index (χ4n) is 3.89. The van der Waals surface area contributed by atoms with Gasteiger partial charge in [-0.15, -0.1) is 0 Å². The molecule has 1 aliphatic heterocycles. The maximum Gasteiger partial charge on any atom is 0.253 e. The Labute approximate surface area is 154 Å². The third kappa shape index (κ3) is 3.06. The lowest BCUT2D eigenvalue weighted by atomic mass is 10.0. The van der Waals surface area contributed by atoms with Crippen LogP contribution < -0.4 is 14.8 Å². The number of nitrogens with zero attached hydrogens (tertiary/aromatic N) is 1. The predicted molar refractivity (Wildman–Crippen MR) is 99.9 cm³/mol. The Hall–Kier alpha value is -2.43. The Morgan fingerprint density at radius 2 is 1.92 bits per heavy atom. The third-order valence-corrected chi connectivity index (χ3v) is 5.44. The number of carbonyl (C=O) groups is 1. The van der Waals surface area contributed by atoms with Gasteiger partial charge in [-0.3, -0.25) is 4.79 Å². The van der Waals surface area contributed by atoms with E-state index in [1.54, 1.807) is 0 Å². The molecular formula is C21H26N2O3. The molecule has 138 valence electrons. The van der Waals surface area contributed by atoms with E-state index in [-0.39, 0.29) is 11.9 Å². The second-order valence-corrected chi connectivity index (χ2v) is 7.22. The number of aryl methyl sites for hydroxylation is 1. The van der Waals surface area contributed by atoms with Gasteiger partial charge in [0, 0.05) is 17.9 Å². The third-order valence-electron chi connectivity index (χ3n) is 5.44. The monoisotopic (exact) mass is 354 g/mol. The van der Waals surface area contributed by atoms with Crippen molar-refractivity contribution in [2.75, 3.05) is 13.2 Å². The van der Waals surface area contributed by atoms with E-state index in [0.29, 0.717) is 19.1 Å². The summed E-state index contributed by atoms with van der Waals surface area (Å²) in [4.78, 5) is 13.0. The van der Waals surface area contributed by atoms with Crippen LogP contribution in [-0.2, 0) is 6.54 Å². The van der Waals surface area contributed by atoms with Gasteiger partial charge in [0.1, 0.15) is 13.2 Å². The van der Waals surface area contributed by atoms with Crippen LogP contribution in [0, 0.1) is 19.8 Å². The summed E-state index contributed by atoms with van der Waals surface area (Å²) in [5.41, 5.74) is 4.01. The van der Waals surface area contributed by atoms with Crippen LogP contribution in [0.3, 0.4) is 0 Å². The maximum atomic E-state index is 13.0. The number of fused-ring (bicyclic) bond motifs is 1. The molecule has 0 bridgehead atoms. The smallest absolute Gasteiger partial charge is 0.253 e. The number of amides is 1. The Balaban J connectivity index is 1.59. The van der Waals surface area contributed by atoms with Gasteiger partial charge in [-0.25, -0.2) is 0 Å². The summed E-state index contributed by atoms with van der Waals surface area (Å²) in [6.07, 6.45) is 2.29. The Kier molecular flexibility index (Phi) is 4.39. The molecule has 0 spiro atoms. The van der Waals surface area contributed by atoms with E-state index in [1.165, 1.54) is 0 Å². The zero-order chi connectivity index (χ0) is 18.3. The van der Waals surface area contributed by atoms with E-state index in [0.717, 1.165) is 53.4 Å². The van der Waals surface area contributed by atoms with Crippen molar-refractivity contribution in [2.45, 2.75) is 46.2 Å². The van der Waals surface area contributed by atoms with E-state index >= 15 is 0 Å². The van der Waals surface area contributed by atoms with E-state index in [9.17, 15) is 4.79 Å². The zero-order valence-corrected chi connectivity index (χ0v) is 15.7. The van der Waals surface area contributed by atoms with Crippen molar-refractivity contribution in [3.63, 3.8) is 0 Å². The number of aromatic nitrogens is 1.